The van der Waals surface area contributed by atoms with Gasteiger partial charge in [0, 0.05) is 58.2 Å². The van der Waals surface area contributed by atoms with Crippen LogP contribution < -0.4 is 0 Å². The van der Waals surface area contributed by atoms with Gasteiger partial charge < -0.3 is 14.4 Å². The van der Waals surface area contributed by atoms with Crippen molar-refractivity contribution in [1.82, 2.24) is 14.2 Å². The summed E-state index contributed by atoms with van der Waals surface area (Å²) in [6.45, 7) is 5.38. The number of ether oxygens (including phenoxy) is 2. The molecule has 1 aromatic heterocycles. The second kappa shape index (κ2) is 9.15. The Bertz CT molecular complexity index is 1050. The lowest BCUT2D eigenvalue weighted by atomic mass is 9.78. The number of pyridine rings is 1. The summed E-state index contributed by atoms with van der Waals surface area (Å²) in [7, 11) is -1.60. The summed E-state index contributed by atoms with van der Waals surface area (Å²) >= 11 is 0. The number of aryl methyl sites for hydroxylation is 1. The van der Waals surface area contributed by atoms with Crippen LogP contribution in [0.3, 0.4) is 0 Å². The van der Waals surface area contributed by atoms with Gasteiger partial charge >= 0.3 is 0 Å². The molecule has 9 heteroatoms. The average molecular weight is 492 g/mol. The molecule has 0 aromatic carbocycles. The molecular formula is C25H37N3O5S. The van der Waals surface area contributed by atoms with Crippen molar-refractivity contribution in [3.63, 3.8) is 0 Å². The molecule has 2 saturated heterocycles. The molecule has 1 amide bonds. The zero-order chi connectivity index (χ0) is 24.1. The number of hydrogen-bond acceptors (Lipinski definition) is 6. The van der Waals surface area contributed by atoms with E-state index in [1.165, 1.54) is 6.26 Å². The molecule has 188 valence electrons. The Kier molecular flexibility index (Phi) is 6.50. The van der Waals surface area contributed by atoms with Gasteiger partial charge in [-0.25, -0.2) is 12.7 Å². The minimum atomic E-state index is -3.34. The van der Waals surface area contributed by atoms with Crippen LogP contribution in [0.1, 0.15) is 42.5 Å². The number of fused-ring (bicyclic) bond motifs is 2. The highest BCUT2D eigenvalue weighted by Crippen LogP contribution is 2.55. The maximum absolute atomic E-state index is 14.2. The molecule has 0 spiro atoms. The molecule has 1 aliphatic carbocycles. The summed E-state index contributed by atoms with van der Waals surface area (Å²) < 4.78 is 37.7. The molecule has 4 aliphatic rings. The minimum absolute atomic E-state index is 0.0672. The van der Waals surface area contributed by atoms with E-state index in [-0.39, 0.29) is 17.9 Å². The van der Waals surface area contributed by atoms with E-state index < -0.39 is 15.4 Å². The average Bonchev–Trinajstić information content (AvgIpc) is 3.33. The van der Waals surface area contributed by atoms with E-state index in [1.807, 2.05) is 18.0 Å². The van der Waals surface area contributed by atoms with Crippen LogP contribution in [-0.4, -0.2) is 80.8 Å². The third-order valence-electron chi connectivity index (χ3n) is 8.67. The van der Waals surface area contributed by atoms with Crippen LogP contribution in [0, 0.1) is 30.1 Å². The number of methoxy groups -OCH3 is 1. The fourth-order valence-corrected chi connectivity index (χ4v) is 7.89. The first-order valence-electron chi connectivity index (χ1n) is 12.5. The Hall–Kier alpha value is -1.55. The van der Waals surface area contributed by atoms with Crippen molar-refractivity contribution in [2.24, 2.45) is 23.2 Å². The Morgan fingerprint density at radius 1 is 1.38 bits per heavy atom. The molecule has 0 bridgehead atoms. The van der Waals surface area contributed by atoms with E-state index in [4.69, 9.17) is 9.47 Å². The molecular weight excluding hydrogens is 454 g/mol. The molecule has 5 atom stereocenters. The third kappa shape index (κ3) is 4.40. The summed E-state index contributed by atoms with van der Waals surface area (Å²) in [5.74, 6) is 1.03. The maximum atomic E-state index is 14.2. The van der Waals surface area contributed by atoms with Crippen LogP contribution in [-0.2, 0) is 37.3 Å². The molecule has 1 aromatic rings. The van der Waals surface area contributed by atoms with Crippen molar-refractivity contribution in [1.29, 1.82) is 0 Å². The molecule has 34 heavy (non-hydrogen) atoms. The van der Waals surface area contributed by atoms with Crippen LogP contribution in [0.5, 0.6) is 0 Å². The van der Waals surface area contributed by atoms with Gasteiger partial charge in [-0.15, -0.1) is 0 Å². The van der Waals surface area contributed by atoms with E-state index in [9.17, 15) is 13.2 Å². The fraction of sp³-hybridized carbons (Fsp3) is 0.760. The zero-order valence-electron chi connectivity index (χ0n) is 20.5. The number of amides is 1. The highest BCUT2D eigenvalue weighted by molar-refractivity contribution is 7.88. The summed E-state index contributed by atoms with van der Waals surface area (Å²) in [4.78, 5) is 20.7. The summed E-state index contributed by atoms with van der Waals surface area (Å²) in [6, 6.07) is 2.13. The van der Waals surface area contributed by atoms with Gasteiger partial charge in [-0.05, 0) is 61.5 Å². The van der Waals surface area contributed by atoms with Gasteiger partial charge in [-0.3, -0.25) is 9.78 Å². The first-order valence-corrected chi connectivity index (χ1v) is 14.3. The number of rotatable bonds is 5. The van der Waals surface area contributed by atoms with E-state index >= 15 is 0 Å². The van der Waals surface area contributed by atoms with E-state index in [2.05, 4.69) is 11.1 Å². The monoisotopic (exact) mass is 491 g/mol. The number of sulfonamides is 1. The quantitative estimate of drug-likeness (QED) is 0.626. The molecule has 8 nitrogen and oxygen atoms in total. The predicted octanol–water partition coefficient (Wildman–Crippen LogP) is 2.00. The standard InChI is InChI=1S/C25H37N3O5S/c1-17-8-20-13-27(6-4-22(20)26-12-17)24(29)25-11-18(9-19-5-7-33-15-23(19)32-2)10-21(25)14-28(16-25)34(3,30)31/h8,12,18-19,21,23H,4-7,9-11,13-16H2,1-3H3/t18-,19?,21+,23?,25+/m1/s1. The summed E-state index contributed by atoms with van der Waals surface area (Å²) in [5.41, 5.74) is 2.65. The lowest BCUT2D eigenvalue weighted by Crippen LogP contribution is -2.49. The van der Waals surface area contributed by atoms with Crippen molar-refractivity contribution in [3.05, 3.63) is 29.1 Å². The van der Waals surface area contributed by atoms with E-state index in [0.29, 0.717) is 44.6 Å². The van der Waals surface area contributed by atoms with Crippen molar-refractivity contribution < 1.29 is 22.7 Å². The van der Waals surface area contributed by atoms with Crippen molar-refractivity contribution >= 4 is 15.9 Å². The van der Waals surface area contributed by atoms with Gasteiger partial charge in [-0.1, -0.05) is 6.07 Å². The van der Waals surface area contributed by atoms with E-state index in [1.54, 1.807) is 11.4 Å². The topological polar surface area (TPSA) is 89.0 Å². The fourth-order valence-electron chi connectivity index (χ4n) is 6.97. The van der Waals surface area contributed by atoms with Gasteiger partial charge in [0.05, 0.1) is 24.4 Å². The number of carbonyl (C=O) groups is 1. The molecule has 1 saturated carbocycles. The number of hydrogen-bond donors (Lipinski definition) is 0. The number of nitrogens with zero attached hydrogens (tertiary/aromatic N) is 3. The van der Waals surface area contributed by atoms with Crippen molar-refractivity contribution in [2.75, 3.05) is 46.2 Å². The zero-order valence-corrected chi connectivity index (χ0v) is 21.3. The van der Waals surface area contributed by atoms with Crippen LogP contribution in [0.2, 0.25) is 0 Å². The normalized spacial score (nSPS) is 34.1. The maximum Gasteiger partial charge on any atom is 0.230 e. The van der Waals surface area contributed by atoms with E-state index in [0.717, 1.165) is 55.5 Å². The van der Waals surface area contributed by atoms with Crippen LogP contribution in [0.25, 0.3) is 0 Å². The molecule has 0 N–H and O–H groups in total. The van der Waals surface area contributed by atoms with Gasteiger partial charge in [0.1, 0.15) is 0 Å². The number of aromatic nitrogens is 1. The van der Waals surface area contributed by atoms with Gasteiger partial charge in [0.2, 0.25) is 15.9 Å². The third-order valence-corrected chi connectivity index (χ3v) is 9.89. The van der Waals surface area contributed by atoms with Crippen molar-refractivity contribution in [3.8, 4) is 0 Å². The van der Waals surface area contributed by atoms with Gasteiger partial charge in [-0.2, -0.15) is 0 Å². The minimum Gasteiger partial charge on any atom is -0.379 e. The van der Waals surface area contributed by atoms with Gasteiger partial charge in [0.25, 0.3) is 0 Å². The molecule has 0 radical (unpaired) electrons. The highest BCUT2D eigenvalue weighted by Gasteiger charge is 2.60. The SMILES string of the molecule is COC1COCCC1C[C@@H]1C[C@H]2CN(S(C)(=O)=O)C[C@@]2(C(=O)N2CCc3ncc(C)cc3C2)C1. The second-order valence-electron chi connectivity index (χ2n) is 10.9. The highest BCUT2D eigenvalue weighted by atomic mass is 32.2. The van der Waals surface area contributed by atoms with Crippen molar-refractivity contribution in [2.45, 2.75) is 51.7 Å². The van der Waals surface area contributed by atoms with Crippen LogP contribution in [0.4, 0.5) is 0 Å². The second-order valence-corrected chi connectivity index (χ2v) is 12.9. The van der Waals surface area contributed by atoms with Gasteiger partial charge in [0.15, 0.2) is 0 Å². The first-order chi connectivity index (χ1) is 16.2. The first kappa shape index (κ1) is 24.2. The molecule has 3 fully saturated rings. The lowest BCUT2D eigenvalue weighted by molar-refractivity contribution is -0.144. The Balaban J connectivity index is 1.38. The molecule has 3 aliphatic heterocycles. The largest absolute Gasteiger partial charge is 0.379 e. The van der Waals surface area contributed by atoms with Crippen LogP contribution in [0.15, 0.2) is 12.3 Å². The smallest absolute Gasteiger partial charge is 0.230 e. The Morgan fingerprint density at radius 3 is 2.97 bits per heavy atom. The Labute approximate surface area is 203 Å². The molecule has 5 rings (SSSR count). The molecule has 4 heterocycles. The Morgan fingerprint density at radius 2 is 2.21 bits per heavy atom. The summed E-state index contributed by atoms with van der Waals surface area (Å²) in [5, 5.41) is 0. The number of carbonyl (C=O) groups excluding carboxylic acids is 1. The predicted molar refractivity (Wildman–Crippen MR) is 127 cm³/mol. The molecule has 2 unspecified atom stereocenters. The van der Waals surface area contributed by atoms with Crippen LogP contribution >= 0.6 is 0 Å². The lowest BCUT2D eigenvalue weighted by Gasteiger charge is -2.37. The summed E-state index contributed by atoms with van der Waals surface area (Å²) in [6.07, 6.45) is 7.64.